The predicted octanol–water partition coefficient (Wildman–Crippen LogP) is 3.13. The number of hydrogen-bond acceptors (Lipinski definition) is 7. The van der Waals surface area contributed by atoms with Crippen molar-refractivity contribution in [1.29, 1.82) is 0 Å². The van der Waals surface area contributed by atoms with Gasteiger partial charge in [-0.2, -0.15) is 0 Å². The first-order valence-corrected chi connectivity index (χ1v) is 8.90. The van der Waals surface area contributed by atoms with Crippen molar-refractivity contribution in [2.75, 3.05) is 14.2 Å². The van der Waals surface area contributed by atoms with Gasteiger partial charge in [0.1, 0.15) is 11.1 Å². The summed E-state index contributed by atoms with van der Waals surface area (Å²) in [6.45, 7) is 6.70. The molecule has 2 aromatic carbocycles. The Morgan fingerprint density at radius 3 is 2.04 bits per heavy atom. The molecule has 0 heterocycles. The third-order valence-corrected chi connectivity index (χ3v) is 5.34. The molecule has 0 aliphatic rings. The van der Waals surface area contributed by atoms with E-state index in [0.29, 0.717) is 10.8 Å². The zero-order chi connectivity index (χ0) is 19.3. The van der Waals surface area contributed by atoms with Crippen molar-refractivity contribution >= 4 is 35.6 Å². The third-order valence-electron chi connectivity index (χ3n) is 3.46. The molecule has 8 heteroatoms. The van der Waals surface area contributed by atoms with Crippen molar-refractivity contribution < 1.29 is 32.7 Å². The fourth-order valence-electron chi connectivity index (χ4n) is 2.26. The summed E-state index contributed by atoms with van der Waals surface area (Å²) in [5, 5.41) is 0.765. The first kappa shape index (κ1) is 19.6. The molecule has 0 fully saturated rings. The number of ether oxygens (including phenoxy) is 2. The monoisotopic (exact) mass is 376 g/mol. The molecule has 136 valence electrons. The summed E-state index contributed by atoms with van der Waals surface area (Å²) >= 11 is 0. The van der Waals surface area contributed by atoms with E-state index in [9.17, 15) is 14.2 Å². The lowest BCUT2D eigenvalue weighted by Gasteiger charge is -2.20. The molecule has 0 radical (unpaired) electrons. The van der Waals surface area contributed by atoms with Crippen LogP contribution in [0.2, 0.25) is 0 Å². The van der Waals surface area contributed by atoms with E-state index >= 15 is 0 Å². The highest BCUT2D eigenvalue weighted by Gasteiger charge is 2.32. The zero-order valence-electron chi connectivity index (χ0n) is 14.3. The Balaban J connectivity index is 2.88. The van der Waals surface area contributed by atoms with Gasteiger partial charge >= 0.3 is 19.5 Å². The van der Waals surface area contributed by atoms with Crippen LogP contribution in [0.4, 0.5) is 0 Å². The molecule has 0 aliphatic heterocycles. The van der Waals surface area contributed by atoms with E-state index in [2.05, 4.69) is 13.2 Å². The van der Waals surface area contributed by atoms with Crippen LogP contribution in [-0.4, -0.2) is 26.2 Å². The van der Waals surface area contributed by atoms with E-state index in [0.717, 1.165) is 12.2 Å². The van der Waals surface area contributed by atoms with Crippen molar-refractivity contribution in [2.45, 2.75) is 0 Å². The number of carbonyl (C=O) groups excluding carboxylic acids is 2. The van der Waals surface area contributed by atoms with Gasteiger partial charge in [0.25, 0.3) is 0 Å². The lowest BCUT2D eigenvalue weighted by molar-refractivity contribution is -0.129. The van der Waals surface area contributed by atoms with Crippen LogP contribution in [0.25, 0.3) is 10.8 Å². The summed E-state index contributed by atoms with van der Waals surface area (Å²) in [5.74, 6) is -1.41. The van der Waals surface area contributed by atoms with Crippen molar-refractivity contribution in [3.8, 4) is 11.5 Å². The Labute approximate surface area is 150 Å². The standard InChI is InChI=1S/C18H17O7P/c1-5-16(19)24-14-11-15(26(21,22-3)23-4)18(25-17(20)6-2)13-10-8-7-9-12(13)14/h5-11H,1-2H2,3-4H3. The fourth-order valence-corrected chi connectivity index (χ4v) is 3.49. The molecule has 0 N–H and O–H groups in total. The summed E-state index contributed by atoms with van der Waals surface area (Å²) in [7, 11) is -1.47. The van der Waals surface area contributed by atoms with Gasteiger partial charge in [0, 0.05) is 43.2 Å². The first-order chi connectivity index (χ1) is 12.4. The summed E-state index contributed by atoms with van der Waals surface area (Å²) in [6, 6.07) is 7.94. The predicted molar refractivity (Wildman–Crippen MR) is 96.9 cm³/mol. The van der Waals surface area contributed by atoms with Gasteiger partial charge < -0.3 is 18.5 Å². The van der Waals surface area contributed by atoms with E-state index in [1.165, 1.54) is 20.3 Å². The average molecular weight is 376 g/mol. The van der Waals surface area contributed by atoms with E-state index < -0.39 is 19.5 Å². The Hall–Kier alpha value is -2.73. The van der Waals surface area contributed by atoms with Crippen molar-refractivity contribution in [3.05, 3.63) is 55.6 Å². The normalized spacial score (nSPS) is 11.0. The molecule has 0 spiro atoms. The molecule has 0 bridgehead atoms. The highest BCUT2D eigenvalue weighted by Crippen LogP contribution is 2.50. The molecular weight excluding hydrogens is 359 g/mol. The Morgan fingerprint density at radius 2 is 1.50 bits per heavy atom. The van der Waals surface area contributed by atoms with Crippen molar-refractivity contribution in [3.63, 3.8) is 0 Å². The maximum absolute atomic E-state index is 13.0. The van der Waals surface area contributed by atoms with Crippen molar-refractivity contribution in [2.24, 2.45) is 0 Å². The molecule has 2 aromatic rings. The van der Waals surface area contributed by atoms with Crippen LogP contribution in [0.1, 0.15) is 0 Å². The van der Waals surface area contributed by atoms with Gasteiger partial charge in [-0.1, -0.05) is 37.4 Å². The summed E-state index contributed by atoms with van der Waals surface area (Å²) in [5.41, 5.74) is 0. The second-order valence-electron chi connectivity index (χ2n) is 4.88. The van der Waals surface area contributed by atoms with E-state index in [4.69, 9.17) is 18.5 Å². The van der Waals surface area contributed by atoms with Gasteiger partial charge in [-0.3, -0.25) is 4.57 Å². The van der Waals surface area contributed by atoms with Crippen LogP contribution in [0, 0.1) is 0 Å². The molecule has 2 rings (SSSR count). The number of fused-ring (bicyclic) bond motifs is 1. The smallest absolute Gasteiger partial charge is 0.364 e. The molecule has 0 aromatic heterocycles. The minimum Gasteiger partial charge on any atom is -0.423 e. The SMILES string of the molecule is C=CC(=O)Oc1cc(P(=O)(OC)OC)c(OC(=O)C=C)c2ccccc12. The molecule has 0 atom stereocenters. The number of hydrogen-bond donors (Lipinski definition) is 0. The number of benzene rings is 2. The Bertz CT molecular complexity index is 925. The Kier molecular flexibility index (Phi) is 6.10. The van der Waals surface area contributed by atoms with Crippen LogP contribution in [-0.2, 0) is 23.2 Å². The summed E-state index contributed by atoms with van der Waals surface area (Å²) < 4.78 is 33.5. The van der Waals surface area contributed by atoms with Crippen LogP contribution in [0.15, 0.2) is 55.6 Å². The van der Waals surface area contributed by atoms with E-state index in [-0.39, 0.29) is 16.8 Å². The minimum absolute atomic E-state index is 0.0315. The molecule has 0 saturated heterocycles. The van der Waals surface area contributed by atoms with E-state index in [1.54, 1.807) is 24.3 Å². The molecule has 0 saturated carbocycles. The lowest BCUT2D eigenvalue weighted by Crippen LogP contribution is -2.17. The molecule has 7 nitrogen and oxygen atoms in total. The first-order valence-electron chi connectivity index (χ1n) is 7.36. The number of carbonyl (C=O) groups is 2. The average Bonchev–Trinajstić information content (AvgIpc) is 2.68. The summed E-state index contributed by atoms with van der Waals surface area (Å²) in [6.07, 6.45) is 1.96. The van der Waals surface area contributed by atoms with Crippen LogP contribution in [0.3, 0.4) is 0 Å². The maximum Gasteiger partial charge on any atom is 0.364 e. The second kappa shape index (κ2) is 8.10. The van der Waals surface area contributed by atoms with Crippen molar-refractivity contribution in [1.82, 2.24) is 0 Å². The molecule has 0 unspecified atom stereocenters. The quantitative estimate of drug-likeness (QED) is 0.317. The zero-order valence-corrected chi connectivity index (χ0v) is 15.2. The molecular formula is C18H17O7P. The molecule has 0 aliphatic carbocycles. The minimum atomic E-state index is -3.85. The van der Waals surface area contributed by atoms with Crippen LogP contribution >= 0.6 is 7.60 Å². The van der Waals surface area contributed by atoms with Gasteiger partial charge in [0.2, 0.25) is 0 Å². The number of esters is 2. The molecule has 26 heavy (non-hydrogen) atoms. The largest absolute Gasteiger partial charge is 0.423 e. The Morgan fingerprint density at radius 1 is 0.962 bits per heavy atom. The van der Waals surface area contributed by atoms with Gasteiger partial charge in [0.15, 0.2) is 5.75 Å². The number of rotatable bonds is 7. The van der Waals surface area contributed by atoms with Crippen LogP contribution < -0.4 is 14.8 Å². The lowest BCUT2D eigenvalue weighted by atomic mass is 10.1. The van der Waals surface area contributed by atoms with Gasteiger partial charge in [-0.15, -0.1) is 0 Å². The topological polar surface area (TPSA) is 88.1 Å². The highest BCUT2D eigenvalue weighted by atomic mass is 31.2. The summed E-state index contributed by atoms with van der Waals surface area (Å²) in [4.78, 5) is 23.4. The van der Waals surface area contributed by atoms with Gasteiger partial charge in [-0.25, -0.2) is 9.59 Å². The van der Waals surface area contributed by atoms with Gasteiger partial charge in [0.05, 0.1) is 0 Å². The highest BCUT2D eigenvalue weighted by molar-refractivity contribution is 7.62. The second-order valence-corrected chi connectivity index (χ2v) is 7.09. The fraction of sp³-hybridized carbons (Fsp3) is 0.111. The maximum atomic E-state index is 13.0. The van der Waals surface area contributed by atoms with Crippen LogP contribution in [0.5, 0.6) is 11.5 Å². The molecule has 0 amide bonds. The third kappa shape index (κ3) is 3.75. The van der Waals surface area contributed by atoms with E-state index in [1.807, 2.05) is 0 Å². The van der Waals surface area contributed by atoms with Gasteiger partial charge in [-0.05, 0) is 0 Å².